The van der Waals surface area contributed by atoms with Crippen LogP contribution in [0.25, 0.3) is 0 Å². The maximum Gasteiger partial charge on any atom is 0.223 e. The van der Waals surface area contributed by atoms with Crippen molar-refractivity contribution in [2.24, 2.45) is 17.6 Å². The normalized spacial score (nSPS) is 36.3. The SMILES string of the molecule is N[C@@H]1CCC[C@H]1CC(=O)N1CCCC1C1CCCC1. The molecule has 3 rings (SSSR count). The summed E-state index contributed by atoms with van der Waals surface area (Å²) in [5.74, 6) is 1.65. The van der Waals surface area contributed by atoms with Gasteiger partial charge in [-0.2, -0.15) is 0 Å². The number of nitrogens with two attached hydrogens (primary N) is 1. The monoisotopic (exact) mass is 264 g/mol. The van der Waals surface area contributed by atoms with Crippen molar-refractivity contribution in [2.75, 3.05) is 6.54 Å². The Hall–Kier alpha value is -0.570. The van der Waals surface area contributed by atoms with Crippen LogP contribution in [0.4, 0.5) is 0 Å². The third-order valence-corrected chi connectivity index (χ3v) is 5.72. The third-order valence-electron chi connectivity index (χ3n) is 5.72. The molecule has 3 fully saturated rings. The first-order chi connectivity index (χ1) is 9.25. The fraction of sp³-hybridized carbons (Fsp3) is 0.938. The largest absolute Gasteiger partial charge is 0.339 e. The summed E-state index contributed by atoms with van der Waals surface area (Å²) in [6.45, 7) is 1.00. The number of nitrogens with zero attached hydrogens (tertiary/aromatic N) is 1. The molecule has 3 nitrogen and oxygen atoms in total. The van der Waals surface area contributed by atoms with E-state index >= 15 is 0 Å². The van der Waals surface area contributed by atoms with Crippen LogP contribution in [-0.2, 0) is 4.79 Å². The summed E-state index contributed by atoms with van der Waals surface area (Å²) >= 11 is 0. The van der Waals surface area contributed by atoms with Gasteiger partial charge in [0, 0.05) is 25.0 Å². The molecule has 3 heteroatoms. The van der Waals surface area contributed by atoms with Gasteiger partial charge in [0.2, 0.25) is 5.91 Å². The van der Waals surface area contributed by atoms with Crippen molar-refractivity contribution < 1.29 is 4.79 Å². The average Bonchev–Trinajstić information content (AvgIpc) is 3.09. The van der Waals surface area contributed by atoms with Crippen LogP contribution in [0.15, 0.2) is 0 Å². The second-order valence-electron chi connectivity index (χ2n) is 6.90. The summed E-state index contributed by atoms with van der Waals surface area (Å²) in [5.41, 5.74) is 6.11. The Bertz CT molecular complexity index is 325. The van der Waals surface area contributed by atoms with E-state index in [-0.39, 0.29) is 6.04 Å². The minimum Gasteiger partial charge on any atom is -0.339 e. The highest BCUT2D eigenvalue weighted by Gasteiger charge is 2.37. The minimum absolute atomic E-state index is 0.275. The van der Waals surface area contributed by atoms with E-state index < -0.39 is 0 Å². The molecular weight excluding hydrogens is 236 g/mol. The Kier molecular flexibility index (Phi) is 4.11. The number of hydrogen-bond acceptors (Lipinski definition) is 2. The Labute approximate surface area is 116 Å². The number of amides is 1. The van der Waals surface area contributed by atoms with Gasteiger partial charge < -0.3 is 10.6 Å². The summed E-state index contributed by atoms with van der Waals surface area (Å²) < 4.78 is 0. The maximum atomic E-state index is 12.6. The second-order valence-corrected chi connectivity index (χ2v) is 6.90. The molecule has 1 heterocycles. The summed E-state index contributed by atoms with van der Waals surface area (Å²) in [4.78, 5) is 14.8. The second kappa shape index (κ2) is 5.82. The lowest BCUT2D eigenvalue weighted by molar-refractivity contribution is -0.134. The zero-order valence-electron chi connectivity index (χ0n) is 12.0. The lowest BCUT2D eigenvalue weighted by Crippen LogP contribution is -2.41. The molecule has 0 radical (unpaired) electrons. The van der Waals surface area contributed by atoms with Gasteiger partial charge in [0.1, 0.15) is 0 Å². The summed E-state index contributed by atoms with van der Waals surface area (Å²) in [6.07, 6.45) is 12.1. The first-order valence-corrected chi connectivity index (χ1v) is 8.31. The van der Waals surface area contributed by atoms with Gasteiger partial charge in [0.25, 0.3) is 0 Å². The molecule has 108 valence electrons. The average molecular weight is 264 g/mol. The molecule has 0 spiro atoms. The van der Waals surface area contributed by atoms with Crippen molar-refractivity contribution in [3.63, 3.8) is 0 Å². The van der Waals surface area contributed by atoms with Crippen molar-refractivity contribution in [1.82, 2.24) is 4.90 Å². The van der Waals surface area contributed by atoms with Gasteiger partial charge in [-0.25, -0.2) is 0 Å². The fourth-order valence-corrected chi connectivity index (χ4v) is 4.59. The van der Waals surface area contributed by atoms with Crippen LogP contribution in [0.2, 0.25) is 0 Å². The van der Waals surface area contributed by atoms with Crippen LogP contribution in [0, 0.1) is 11.8 Å². The lowest BCUT2D eigenvalue weighted by Gasteiger charge is -2.30. The summed E-state index contributed by atoms with van der Waals surface area (Å²) in [7, 11) is 0. The molecular formula is C16H28N2O. The number of hydrogen-bond donors (Lipinski definition) is 1. The molecule has 19 heavy (non-hydrogen) atoms. The highest BCUT2D eigenvalue weighted by molar-refractivity contribution is 5.77. The fourth-order valence-electron chi connectivity index (χ4n) is 4.59. The molecule has 1 saturated heterocycles. The Morgan fingerprint density at radius 2 is 1.79 bits per heavy atom. The molecule has 2 N–H and O–H groups in total. The first-order valence-electron chi connectivity index (χ1n) is 8.31. The lowest BCUT2D eigenvalue weighted by atomic mass is 9.94. The predicted octanol–water partition coefficient (Wildman–Crippen LogP) is 2.69. The van der Waals surface area contributed by atoms with Crippen molar-refractivity contribution >= 4 is 5.91 Å². The van der Waals surface area contributed by atoms with Gasteiger partial charge in [-0.15, -0.1) is 0 Å². The third kappa shape index (κ3) is 2.81. The topological polar surface area (TPSA) is 46.3 Å². The van der Waals surface area contributed by atoms with Crippen LogP contribution < -0.4 is 5.73 Å². The molecule has 3 aliphatic rings. The van der Waals surface area contributed by atoms with E-state index in [1.165, 1.54) is 44.9 Å². The number of likely N-dealkylation sites (tertiary alicyclic amines) is 1. The van der Waals surface area contributed by atoms with E-state index in [2.05, 4.69) is 4.90 Å². The first kappa shape index (κ1) is 13.4. The Morgan fingerprint density at radius 1 is 1.00 bits per heavy atom. The molecule has 2 saturated carbocycles. The molecule has 2 aliphatic carbocycles. The van der Waals surface area contributed by atoms with Gasteiger partial charge in [-0.05, 0) is 50.4 Å². The van der Waals surface area contributed by atoms with Crippen molar-refractivity contribution in [3.05, 3.63) is 0 Å². The van der Waals surface area contributed by atoms with Gasteiger partial charge in [0.15, 0.2) is 0 Å². The van der Waals surface area contributed by atoms with Crippen molar-refractivity contribution in [3.8, 4) is 0 Å². The van der Waals surface area contributed by atoms with Crippen LogP contribution >= 0.6 is 0 Å². The van der Waals surface area contributed by atoms with Gasteiger partial charge in [-0.1, -0.05) is 19.3 Å². The predicted molar refractivity (Wildman–Crippen MR) is 76.6 cm³/mol. The highest BCUT2D eigenvalue weighted by Crippen LogP contribution is 2.36. The number of rotatable bonds is 3. The van der Waals surface area contributed by atoms with Crippen molar-refractivity contribution in [1.29, 1.82) is 0 Å². The molecule has 0 aromatic carbocycles. The molecule has 1 aliphatic heterocycles. The Balaban J connectivity index is 1.58. The molecule has 3 atom stereocenters. The highest BCUT2D eigenvalue weighted by atomic mass is 16.2. The van der Waals surface area contributed by atoms with Gasteiger partial charge in [0.05, 0.1) is 0 Å². The van der Waals surface area contributed by atoms with Crippen LogP contribution in [0.1, 0.15) is 64.2 Å². The molecule has 1 amide bonds. The summed E-state index contributed by atoms with van der Waals surface area (Å²) in [6, 6.07) is 0.837. The molecule has 0 aromatic rings. The van der Waals surface area contributed by atoms with E-state index in [0.717, 1.165) is 25.3 Å². The van der Waals surface area contributed by atoms with Crippen LogP contribution in [-0.4, -0.2) is 29.4 Å². The summed E-state index contributed by atoms with van der Waals surface area (Å²) in [5, 5.41) is 0. The van der Waals surface area contributed by atoms with Crippen molar-refractivity contribution in [2.45, 2.75) is 76.3 Å². The number of carbonyl (C=O) groups is 1. The maximum absolute atomic E-state index is 12.6. The zero-order chi connectivity index (χ0) is 13.2. The van der Waals surface area contributed by atoms with Gasteiger partial charge >= 0.3 is 0 Å². The molecule has 0 aromatic heterocycles. The standard InChI is InChI=1S/C16H28N2O/c17-14-8-3-7-13(14)11-16(19)18-10-4-9-15(18)12-5-1-2-6-12/h12-15H,1-11,17H2/t13-,14+,15?/m0/s1. The smallest absolute Gasteiger partial charge is 0.223 e. The van der Waals surface area contributed by atoms with E-state index in [1.807, 2.05) is 0 Å². The van der Waals surface area contributed by atoms with E-state index in [1.54, 1.807) is 0 Å². The minimum atomic E-state index is 0.275. The van der Waals surface area contributed by atoms with Crippen LogP contribution in [0.3, 0.4) is 0 Å². The van der Waals surface area contributed by atoms with E-state index in [0.29, 0.717) is 24.3 Å². The number of carbonyl (C=O) groups excluding carboxylic acids is 1. The molecule has 1 unspecified atom stereocenters. The van der Waals surface area contributed by atoms with Crippen LogP contribution in [0.5, 0.6) is 0 Å². The van der Waals surface area contributed by atoms with E-state index in [4.69, 9.17) is 5.73 Å². The quantitative estimate of drug-likeness (QED) is 0.852. The Morgan fingerprint density at radius 3 is 2.47 bits per heavy atom. The zero-order valence-corrected chi connectivity index (χ0v) is 12.0. The van der Waals surface area contributed by atoms with Gasteiger partial charge in [-0.3, -0.25) is 4.79 Å². The van der Waals surface area contributed by atoms with E-state index in [9.17, 15) is 4.79 Å². The molecule has 0 bridgehead atoms.